The number of aromatic nitrogens is 1. The second-order valence-electron chi connectivity index (χ2n) is 3.33. The molecule has 0 saturated heterocycles. The summed E-state index contributed by atoms with van der Waals surface area (Å²) in [5.41, 5.74) is 7.05. The van der Waals surface area contributed by atoms with E-state index in [1.165, 1.54) is 0 Å². The highest BCUT2D eigenvalue weighted by molar-refractivity contribution is 5.23. The summed E-state index contributed by atoms with van der Waals surface area (Å²) in [5, 5.41) is 8.99. The summed E-state index contributed by atoms with van der Waals surface area (Å²) in [5.74, 6) is 0. The quantitative estimate of drug-likeness (QED) is 0.674. The fourth-order valence-electron chi connectivity index (χ4n) is 0.959. The van der Waals surface area contributed by atoms with E-state index in [0.717, 1.165) is 11.1 Å². The van der Waals surface area contributed by atoms with Crippen LogP contribution in [0.15, 0.2) is 18.5 Å². The van der Waals surface area contributed by atoms with Crippen LogP contribution >= 0.6 is 0 Å². The molecule has 0 aliphatic carbocycles. The van der Waals surface area contributed by atoms with Crippen molar-refractivity contribution in [3.63, 3.8) is 0 Å². The molecule has 3 nitrogen and oxygen atoms in total. The lowest BCUT2D eigenvalue weighted by molar-refractivity contribution is 0.209. The number of rotatable bonds is 2. The maximum atomic E-state index is 8.99. The second kappa shape index (κ2) is 3.21. The first-order valence-electron chi connectivity index (χ1n) is 3.88. The number of aryl methyl sites for hydroxylation is 1. The van der Waals surface area contributed by atoms with E-state index in [0.29, 0.717) is 0 Å². The van der Waals surface area contributed by atoms with Gasteiger partial charge in [-0.3, -0.25) is 4.98 Å². The van der Waals surface area contributed by atoms with Gasteiger partial charge >= 0.3 is 0 Å². The smallest absolute Gasteiger partial charge is 0.0651 e. The summed E-state index contributed by atoms with van der Waals surface area (Å²) in [6.45, 7) is 3.66. The molecule has 66 valence electrons. The molecule has 3 heteroatoms. The standard InChI is InChI=1S/C9H14N2O/c1-7-3-8(5-11-4-7)9(2,10)6-12/h3-5,12H,6,10H2,1-2H3/t9-/m1/s1. The van der Waals surface area contributed by atoms with E-state index in [9.17, 15) is 0 Å². The Morgan fingerprint density at radius 1 is 1.58 bits per heavy atom. The maximum Gasteiger partial charge on any atom is 0.0651 e. The van der Waals surface area contributed by atoms with Gasteiger partial charge in [0.15, 0.2) is 0 Å². The summed E-state index contributed by atoms with van der Waals surface area (Å²) < 4.78 is 0. The topological polar surface area (TPSA) is 59.1 Å². The van der Waals surface area contributed by atoms with Crippen LogP contribution in [-0.4, -0.2) is 16.7 Å². The van der Waals surface area contributed by atoms with Gasteiger partial charge in [-0.05, 0) is 25.0 Å². The molecular formula is C9H14N2O. The van der Waals surface area contributed by atoms with Crippen molar-refractivity contribution in [3.8, 4) is 0 Å². The molecule has 0 unspecified atom stereocenters. The molecule has 0 saturated carbocycles. The monoisotopic (exact) mass is 166 g/mol. The minimum Gasteiger partial charge on any atom is -0.394 e. The zero-order chi connectivity index (χ0) is 9.19. The molecular weight excluding hydrogens is 152 g/mol. The summed E-state index contributed by atoms with van der Waals surface area (Å²) >= 11 is 0. The second-order valence-corrected chi connectivity index (χ2v) is 3.33. The zero-order valence-corrected chi connectivity index (χ0v) is 7.41. The zero-order valence-electron chi connectivity index (χ0n) is 7.41. The molecule has 0 bridgehead atoms. The highest BCUT2D eigenvalue weighted by Crippen LogP contribution is 2.16. The van der Waals surface area contributed by atoms with Crippen LogP contribution in [0.4, 0.5) is 0 Å². The third kappa shape index (κ3) is 1.81. The van der Waals surface area contributed by atoms with Gasteiger partial charge in [-0.25, -0.2) is 0 Å². The van der Waals surface area contributed by atoms with Crippen molar-refractivity contribution >= 4 is 0 Å². The molecule has 0 aliphatic rings. The van der Waals surface area contributed by atoms with Crippen LogP contribution < -0.4 is 5.73 Å². The number of pyridine rings is 1. The molecule has 0 radical (unpaired) electrons. The van der Waals surface area contributed by atoms with Crippen molar-refractivity contribution in [1.82, 2.24) is 4.98 Å². The van der Waals surface area contributed by atoms with Crippen LogP contribution in [0.1, 0.15) is 18.1 Å². The van der Waals surface area contributed by atoms with E-state index < -0.39 is 5.54 Å². The number of hydrogen-bond donors (Lipinski definition) is 2. The van der Waals surface area contributed by atoms with E-state index in [-0.39, 0.29) is 6.61 Å². The van der Waals surface area contributed by atoms with Gasteiger partial charge in [0.1, 0.15) is 0 Å². The molecule has 1 aromatic heterocycles. The fourth-order valence-corrected chi connectivity index (χ4v) is 0.959. The van der Waals surface area contributed by atoms with Gasteiger partial charge < -0.3 is 10.8 Å². The Bertz CT molecular complexity index is 271. The molecule has 0 aromatic carbocycles. The van der Waals surface area contributed by atoms with E-state index in [1.54, 1.807) is 19.3 Å². The minimum absolute atomic E-state index is 0.0713. The molecule has 3 N–H and O–H groups in total. The summed E-state index contributed by atoms with van der Waals surface area (Å²) in [7, 11) is 0. The molecule has 0 spiro atoms. The Balaban J connectivity index is 3.03. The van der Waals surface area contributed by atoms with Gasteiger partial charge in [0.25, 0.3) is 0 Å². The lowest BCUT2D eigenvalue weighted by atomic mass is 9.95. The average molecular weight is 166 g/mol. The van der Waals surface area contributed by atoms with E-state index in [4.69, 9.17) is 10.8 Å². The Kier molecular flexibility index (Phi) is 2.45. The number of nitrogens with two attached hydrogens (primary N) is 1. The Labute approximate surface area is 72.2 Å². The largest absolute Gasteiger partial charge is 0.394 e. The third-order valence-electron chi connectivity index (χ3n) is 1.86. The first-order valence-corrected chi connectivity index (χ1v) is 3.88. The lowest BCUT2D eigenvalue weighted by Gasteiger charge is -2.21. The first kappa shape index (κ1) is 9.16. The molecule has 12 heavy (non-hydrogen) atoms. The summed E-state index contributed by atoms with van der Waals surface area (Å²) in [6.07, 6.45) is 3.44. The lowest BCUT2D eigenvalue weighted by Crippen LogP contribution is -2.37. The number of nitrogens with zero attached hydrogens (tertiary/aromatic N) is 1. The first-order chi connectivity index (χ1) is 5.56. The van der Waals surface area contributed by atoms with Crippen LogP contribution in [0.3, 0.4) is 0 Å². The molecule has 1 aromatic rings. The van der Waals surface area contributed by atoms with Gasteiger partial charge in [0.05, 0.1) is 12.1 Å². The van der Waals surface area contributed by atoms with Crippen molar-refractivity contribution < 1.29 is 5.11 Å². The highest BCUT2D eigenvalue weighted by atomic mass is 16.3. The minimum atomic E-state index is -0.682. The SMILES string of the molecule is Cc1cncc([C@](C)(N)CO)c1. The summed E-state index contributed by atoms with van der Waals surface area (Å²) in [6, 6.07) is 1.93. The Morgan fingerprint density at radius 2 is 2.25 bits per heavy atom. The predicted molar refractivity (Wildman–Crippen MR) is 47.6 cm³/mol. The molecule has 0 fully saturated rings. The van der Waals surface area contributed by atoms with Crippen molar-refractivity contribution in [3.05, 3.63) is 29.6 Å². The normalized spacial score (nSPS) is 15.7. The predicted octanol–water partition coefficient (Wildman–Crippen LogP) is 0.556. The van der Waals surface area contributed by atoms with Crippen molar-refractivity contribution in [2.75, 3.05) is 6.61 Å². The van der Waals surface area contributed by atoms with Crippen molar-refractivity contribution in [1.29, 1.82) is 0 Å². The Hall–Kier alpha value is -0.930. The number of aliphatic hydroxyl groups excluding tert-OH is 1. The van der Waals surface area contributed by atoms with Crippen LogP contribution in [-0.2, 0) is 5.54 Å². The van der Waals surface area contributed by atoms with Gasteiger partial charge in [0.2, 0.25) is 0 Å². The Morgan fingerprint density at radius 3 is 2.75 bits per heavy atom. The molecule has 0 aliphatic heterocycles. The fraction of sp³-hybridized carbons (Fsp3) is 0.444. The van der Waals surface area contributed by atoms with Crippen molar-refractivity contribution in [2.24, 2.45) is 5.73 Å². The maximum absolute atomic E-state index is 8.99. The van der Waals surface area contributed by atoms with Gasteiger partial charge in [-0.15, -0.1) is 0 Å². The van der Waals surface area contributed by atoms with Gasteiger partial charge in [-0.2, -0.15) is 0 Å². The number of hydrogen-bond acceptors (Lipinski definition) is 3. The van der Waals surface area contributed by atoms with Crippen LogP contribution in [0.2, 0.25) is 0 Å². The third-order valence-corrected chi connectivity index (χ3v) is 1.86. The van der Waals surface area contributed by atoms with Gasteiger partial charge in [-0.1, -0.05) is 6.07 Å². The average Bonchev–Trinajstić information content (AvgIpc) is 2.05. The molecule has 1 rings (SSSR count). The van der Waals surface area contributed by atoms with Crippen LogP contribution in [0.5, 0.6) is 0 Å². The van der Waals surface area contributed by atoms with Gasteiger partial charge in [0, 0.05) is 12.4 Å². The van der Waals surface area contributed by atoms with E-state index in [2.05, 4.69) is 4.98 Å². The van der Waals surface area contributed by atoms with E-state index in [1.807, 2.05) is 13.0 Å². The van der Waals surface area contributed by atoms with Crippen molar-refractivity contribution in [2.45, 2.75) is 19.4 Å². The highest BCUT2D eigenvalue weighted by Gasteiger charge is 2.19. The molecule has 0 amide bonds. The molecule has 1 atom stereocenters. The van der Waals surface area contributed by atoms with E-state index >= 15 is 0 Å². The van der Waals surface area contributed by atoms with Crippen LogP contribution in [0, 0.1) is 6.92 Å². The number of aliphatic hydroxyl groups is 1. The summed E-state index contributed by atoms with van der Waals surface area (Å²) in [4.78, 5) is 4.01. The van der Waals surface area contributed by atoms with Crippen LogP contribution in [0.25, 0.3) is 0 Å². The molecule has 1 heterocycles.